The highest BCUT2D eigenvalue weighted by Gasteiger charge is 2.41. The van der Waals surface area contributed by atoms with Gasteiger partial charge in [0.25, 0.3) is 0 Å². The van der Waals surface area contributed by atoms with E-state index in [0.29, 0.717) is 39.5 Å². The monoisotopic (exact) mass is 602 g/mol. The van der Waals surface area contributed by atoms with Crippen LogP contribution in [0.4, 0.5) is 0 Å². The molecule has 3 aromatic rings. The van der Waals surface area contributed by atoms with Crippen LogP contribution in [0.3, 0.4) is 0 Å². The quantitative estimate of drug-likeness (QED) is 0.107. The molecule has 44 heavy (non-hydrogen) atoms. The summed E-state index contributed by atoms with van der Waals surface area (Å²) in [5.41, 5.74) is 3.40. The van der Waals surface area contributed by atoms with E-state index < -0.39 is 0 Å². The maximum atomic E-state index is 6.56. The lowest BCUT2D eigenvalue weighted by Gasteiger charge is -2.41. The van der Waals surface area contributed by atoms with E-state index >= 15 is 0 Å². The first-order valence-electron chi connectivity index (χ1n) is 17.0. The Morgan fingerprint density at radius 1 is 0.568 bits per heavy atom. The van der Waals surface area contributed by atoms with Gasteiger partial charge in [0.2, 0.25) is 0 Å². The van der Waals surface area contributed by atoms with Crippen LogP contribution < -0.4 is 0 Å². The average Bonchev–Trinajstić information content (AvgIpc) is 3.07. The molecular weight excluding hydrogens is 548 g/mol. The molecule has 3 aromatic carbocycles. The van der Waals surface area contributed by atoms with E-state index in [1.165, 1.54) is 57.8 Å². The predicted molar refractivity (Wildman–Crippen MR) is 177 cm³/mol. The Hall–Kier alpha value is -2.54. The summed E-state index contributed by atoms with van der Waals surface area (Å²) in [6.45, 7) is 4.89. The lowest BCUT2D eigenvalue weighted by atomic mass is 10.0. The first-order valence-corrected chi connectivity index (χ1v) is 17.0. The van der Waals surface area contributed by atoms with E-state index in [1.807, 2.05) is 54.6 Å². The summed E-state index contributed by atoms with van der Waals surface area (Å²) in [5.74, 6) is 0. The topological polar surface area (TPSA) is 46.2 Å². The van der Waals surface area contributed by atoms with Crippen molar-refractivity contribution in [2.75, 3.05) is 13.2 Å². The van der Waals surface area contributed by atoms with Crippen molar-refractivity contribution in [1.29, 1.82) is 0 Å². The van der Waals surface area contributed by atoms with Crippen LogP contribution in [0, 0.1) is 0 Å². The summed E-state index contributed by atoms with van der Waals surface area (Å²) in [6, 6.07) is 30.8. The van der Waals surface area contributed by atoms with Gasteiger partial charge >= 0.3 is 0 Å². The largest absolute Gasteiger partial charge is 0.374 e. The van der Waals surface area contributed by atoms with Crippen LogP contribution in [-0.4, -0.2) is 37.8 Å². The highest BCUT2D eigenvalue weighted by Crippen LogP contribution is 2.29. The zero-order chi connectivity index (χ0) is 30.5. The van der Waals surface area contributed by atoms with Gasteiger partial charge in [0, 0.05) is 13.0 Å². The number of hydrogen-bond acceptors (Lipinski definition) is 5. The van der Waals surface area contributed by atoms with Crippen LogP contribution in [0.5, 0.6) is 0 Å². The van der Waals surface area contributed by atoms with Gasteiger partial charge in [-0.05, 0) is 23.1 Å². The zero-order valence-electron chi connectivity index (χ0n) is 26.8. The Kier molecular flexibility index (Phi) is 16.6. The normalized spacial score (nSPS) is 20.1. The Bertz CT molecular complexity index is 1090. The van der Waals surface area contributed by atoms with Crippen LogP contribution in [0.25, 0.3) is 0 Å². The molecule has 4 atom stereocenters. The van der Waals surface area contributed by atoms with Crippen LogP contribution in [0.1, 0.15) is 94.2 Å². The van der Waals surface area contributed by atoms with Gasteiger partial charge in [-0.25, -0.2) is 0 Å². The van der Waals surface area contributed by atoms with Gasteiger partial charge < -0.3 is 23.7 Å². The number of rotatable bonds is 22. The molecule has 0 bridgehead atoms. The predicted octanol–water partition coefficient (Wildman–Crippen LogP) is 9.43. The minimum absolute atomic E-state index is 0.185. The van der Waals surface area contributed by atoms with Crippen molar-refractivity contribution >= 4 is 0 Å². The summed E-state index contributed by atoms with van der Waals surface area (Å²) >= 11 is 0. The van der Waals surface area contributed by atoms with E-state index in [1.54, 1.807) is 0 Å². The number of hydrogen-bond donors (Lipinski definition) is 0. The lowest BCUT2D eigenvalue weighted by Crippen LogP contribution is -2.53. The van der Waals surface area contributed by atoms with Crippen molar-refractivity contribution in [3.05, 3.63) is 108 Å². The van der Waals surface area contributed by atoms with Crippen molar-refractivity contribution in [1.82, 2.24) is 0 Å². The highest BCUT2D eigenvalue weighted by molar-refractivity contribution is 5.15. The standard InChI is InChI=1S/C39H54O5/c1-2-3-4-5-6-7-8-9-10-20-27-41-38-28-36(42-30-34-23-16-12-17-24-34)39(43-31-35-25-18-13-19-26-35)37(44-38)32-40-29-33-21-14-11-15-22-33/h11-19,21-26,36-39H,2-10,20,27-32H2,1H3/t36-,37-,38-,39+/m1/s1. The van der Waals surface area contributed by atoms with Gasteiger partial charge in [-0.2, -0.15) is 0 Å². The molecule has 0 spiro atoms. The smallest absolute Gasteiger partial charge is 0.160 e. The summed E-state index contributed by atoms with van der Waals surface area (Å²) in [5, 5.41) is 0. The SMILES string of the molecule is CCCCCCCCCCCCO[C@H]1C[C@@H](OCc2ccccc2)[C@H](OCc2ccccc2)[C@@H](COCc2ccccc2)O1. The van der Waals surface area contributed by atoms with E-state index in [0.717, 1.165) is 23.1 Å². The number of unbranched alkanes of at least 4 members (excludes halogenated alkanes) is 9. The van der Waals surface area contributed by atoms with Crippen molar-refractivity contribution in [3.8, 4) is 0 Å². The average molecular weight is 603 g/mol. The molecular formula is C39H54O5. The molecule has 0 aliphatic carbocycles. The Morgan fingerprint density at radius 2 is 1.07 bits per heavy atom. The highest BCUT2D eigenvalue weighted by atomic mass is 16.7. The second-order valence-corrected chi connectivity index (χ2v) is 12.0. The minimum Gasteiger partial charge on any atom is -0.374 e. The molecule has 0 saturated carbocycles. The fraction of sp³-hybridized carbons (Fsp3) is 0.538. The maximum Gasteiger partial charge on any atom is 0.160 e. The maximum absolute atomic E-state index is 6.56. The van der Waals surface area contributed by atoms with Gasteiger partial charge in [0.05, 0.1) is 32.5 Å². The van der Waals surface area contributed by atoms with Crippen molar-refractivity contribution in [2.24, 2.45) is 0 Å². The molecule has 1 heterocycles. The molecule has 1 fully saturated rings. The molecule has 1 saturated heterocycles. The lowest BCUT2D eigenvalue weighted by molar-refractivity contribution is -0.278. The van der Waals surface area contributed by atoms with E-state index in [-0.39, 0.29) is 24.6 Å². The first-order chi connectivity index (χ1) is 21.8. The van der Waals surface area contributed by atoms with Gasteiger partial charge in [0.15, 0.2) is 6.29 Å². The second-order valence-electron chi connectivity index (χ2n) is 12.0. The molecule has 1 aliphatic rings. The van der Waals surface area contributed by atoms with Crippen LogP contribution >= 0.6 is 0 Å². The molecule has 0 unspecified atom stereocenters. The van der Waals surface area contributed by atoms with Crippen LogP contribution in [0.15, 0.2) is 91.0 Å². The second kappa shape index (κ2) is 21.2. The molecule has 5 nitrogen and oxygen atoms in total. The molecule has 1 aliphatic heterocycles. The number of benzene rings is 3. The molecule has 0 N–H and O–H groups in total. The van der Waals surface area contributed by atoms with Gasteiger partial charge in [-0.15, -0.1) is 0 Å². The Labute approximate surface area is 266 Å². The van der Waals surface area contributed by atoms with Gasteiger partial charge in [-0.3, -0.25) is 0 Å². The van der Waals surface area contributed by atoms with Crippen LogP contribution in [-0.2, 0) is 43.5 Å². The van der Waals surface area contributed by atoms with Crippen LogP contribution in [0.2, 0.25) is 0 Å². The van der Waals surface area contributed by atoms with E-state index in [4.69, 9.17) is 23.7 Å². The molecule has 0 aromatic heterocycles. The Balaban J connectivity index is 1.32. The van der Waals surface area contributed by atoms with E-state index in [9.17, 15) is 0 Å². The van der Waals surface area contributed by atoms with Crippen molar-refractivity contribution < 1.29 is 23.7 Å². The summed E-state index contributed by atoms with van der Waals surface area (Å²) in [6.07, 6.45) is 12.5. The summed E-state index contributed by atoms with van der Waals surface area (Å²) < 4.78 is 32.2. The fourth-order valence-electron chi connectivity index (χ4n) is 5.73. The molecule has 0 radical (unpaired) electrons. The zero-order valence-corrected chi connectivity index (χ0v) is 26.8. The molecule has 5 heteroatoms. The molecule has 240 valence electrons. The van der Waals surface area contributed by atoms with Crippen molar-refractivity contribution in [2.45, 2.75) is 122 Å². The fourth-order valence-corrected chi connectivity index (χ4v) is 5.73. The summed E-state index contributed by atoms with van der Waals surface area (Å²) in [7, 11) is 0. The van der Waals surface area contributed by atoms with Gasteiger partial charge in [0.1, 0.15) is 12.2 Å². The Morgan fingerprint density at radius 3 is 1.64 bits per heavy atom. The first kappa shape index (κ1) is 34.3. The third kappa shape index (κ3) is 13.2. The third-order valence-corrected chi connectivity index (χ3v) is 8.27. The summed E-state index contributed by atoms with van der Waals surface area (Å²) in [4.78, 5) is 0. The minimum atomic E-state index is -0.351. The number of ether oxygens (including phenoxy) is 5. The third-order valence-electron chi connectivity index (χ3n) is 8.27. The van der Waals surface area contributed by atoms with E-state index in [2.05, 4.69) is 43.3 Å². The molecule has 4 rings (SSSR count). The van der Waals surface area contributed by atoms with Crippen molar-refractivity contribution in [3.63, 3.8) is 0 Å². The molecule has 0 amide bonds. The van der Waals surface area contributed by atoms with Gasteiger partial charge in [-0.1, -0.05) is 156 Å².